The van der Waals surface area contributed by atoms with Gasteiger partial charge in [0, 0.05) is 6.21 Å². The molecule has 20 heavy (non-hydrogen) atoms. The summed E-state index contributed by atoms with van der Waals surface area (Å²) in [4.78, 5) is 16.1. The molecule has 1 atom stereocenters. The van der Waals surface area contributed by atoms with Crippen LogP contribution < -0.4 is 0 Å². The summed E-state index contributed by atoms with van der Waals surface area (Å²) < 4.78 is 4.77. The molecule has 0 fully saturated rings. The third kappa shape index (κ3) is 3.45. The fourth-order valence-corrected chi connectivity index (χ4v) is 1.75. The number of benzene rings is 2. The first-order chi connectivity index (χ1) is 9.70. The maximum absolute atomic E-state index is 11.8. The van der Waals surface area contributed by atoms with Crippen LogP contribution in [0.3, 0.4) is 0 Å². The normalized spacial score (nSPS) is 12.2. The number of esters is 1. The molecule has 0 radical (unpaired) electrons. The number of aromatic hydroxyl groups is 1. The van der Waals surface area contributed by atoms with E-state index in [1.165, 1.54) is 19.2 Å². The quantitative estimate of drug-likeness (QED) is 0.685. The Morgan fingerprint density at radius 1 is 1.15 bits per heavy atom. The lowest BCUT2D eigenvalue weighted by Gasteiger charge is -2.10. The number of aliphatic imine (C=N–C) groups is 1. The van der Waals surface area contributed by atoms with E-state index in [0.29, 0.717) is 5.56 Å². The van der Waals surface area contributed by atoms with Gasteiger partial charge in [-0.25, -0.2) is 4.79 Å². The zero-order chi connectivity index (χ0) is 14.4. The molecule has 0 heterocycles. The summed E-state index contributed by atoms with van der Waals surface area (Å²) in [5, 5.41) is 9.29. The number of phenols is 1. The Bertz CT molecular complexity index is 591. The van der Waals surface area contributed by atoms with Crippen molar-refractivity contribution < 1.29 is 14.6 Å². The zero-order valence-corrected chi connectivity index (χ0v) is 11.1. The first-order valence-electron chi connectivity index (χ1n) is 6.15. The molecular formula is C16H15NO3. The summed E-state index contributed by atoms with van der Waals surface area (Å²) in [6.07, 6.45) is 1.63. The van der Waals surface area contributed by atoms with Crippen LogP contribution in [0.15, 0.2) is 59.6 Å². The number of ether oxygens (including phenoxy) is 1. The number of carbonyl (C=O) groups is 1. The van der Waals surface area contributed by atoms with Gasteiger partial charge in [-0.2, -0.15) is 0 Å². The van der Waals surface area contributed by atoms with Gasteiger partial charge >= 0.3 is 5.97 Å². The van der Waals surface area contributed by atoms with Crippen molar-refractivity contribution in [1.29, 1.82) is 0 Å². The maximum atomic E-state index is 11.8. The van der Waals surface area contributed by atoms with E-state index in [-0.39, 0.29) is 5.75 Å². The lowest BCUT2D eigenvalue weighted by molar-refractivity contribution is -0.142. The predicted molar refractivity (Wildman–Crippen MR) is 76.9 cm³/mol. The molecule has 0 aromatic heterocycles. The molecule has 0 aliphatic carbocycles. The van der Waals surface area contributed by atoms with Crippen molar-refractivity contribution in [2.75, 3.05) is 7.11 Å². The first-order valence-corrected chi connectivity index (χ1v) is 6.15. The van der Waals surface area contributed by atoms with E-state index >= 15 is 0 Å². The second-order valence-electron chi connectivity index (χ2n) is 4.21. The van der Waals surface area contributed by atoms with Gasteiger partial charge in [-0.15, -0.1) is 0 Å². The summed E-state index contributed by atoms with van der Waals surface area (Å²) in [6, 6.07) is 15.1. The lowest BCUT2D eigenvalue weighted by Crippen LogP contribution is -2.12. The Hall–Kier alpha value is -2.62. The van der Waals surface area contributed by atoms with Gasteiger partial charge in [-0.1, -0.05) is 42.5 Å². The number of phenolic OH excluding ortho intramolecular Hbond substituents is 1. The summed E-state index contributed by atoms with van der Waals surface area (Å²) in [6.45, 7) is 0. The van der Waals surface area contributed by atoms with Crippen LogP contribution >= 0.6 is 0 Å². The van der Waals surface area contributed by atoms with Gasteiger partial charge in [0.05, 0.1) is 7.11 Å². The highest BCUT2D eigenvalue weighted by Crippen LogP contribution is 2.21. The van der Waals surface area contributed by atoms with Gasteiger partial charge in [0.25, 0.3) is 0 Å². The molecule has 4 heteroatoms. The largest absolute Gasteiger partial charge is 0.508 e. The molecule has 0 aliphatic rings. The number of nitrogens with zero attached hydrogens (tertiary/aromatic N) is 1. The first kappa shape index (κ1) is 13.8. The third-order valence-electron chi connectivity index (χ3n) is 2.81. The van der Waals surface area contributed by atoms with Gasteiger partial charge in [0.15, 0.2) is 6.04 Å². The Balaban J connectivity index is 2.27. The monoisotopic (exact) mass is 269 g/mol. The number of methoxy groups -OCH3 is 1. The van der Waals surface area contributed by atoms with Crippen molar-refractivity contribution in [2.24, 2.45) is 4.99 Å². The SMILES string of the molecule is COC(=O)[C@H](N=Cc1ccccc1)c1ccc(O)cc1. The minimum atomic E-state index is -0.735. The fourth-order valence-electron chi connectivity index (χ4n) is 1.75. The molecule has 2 aromatic rings. The average molecular weight is 269 g/mol. The van der Waals surface area contributed by atoms with Gasteiger partial charge in [0.2, 0.25) is 0 Å². The van der Waals surface area contributed by atoms with E-state index in [4.69, 9.17) is 4.74 Å². The predicted octanol–water partition coefficient (Wildman–Crippen LogP) is 2.73. The molecule has 0 spiro atoms. The van der Waals surface area contributed by atoms with Crippen LogP contribution in [0.2, 0.25) is 0 Å². The summed E-state index contributed by atoms with van der Waals surface area (Å²) in [5.74, 6) is -0.299. The van der Waals surface area contributed by atoms with Crippen LogP contribution in [0.4, 0.5) is 0 Å². The Labute approximate surface area is 117 Å². The van der Waals surface area contributed by atoms with Crippen LogP contribution in [-0.4, -0.2) is 24.4 Å². The Morgan fingerprint density at radius 3 is 2.40 bits per heavy atom. The second-order valence-corrected chi connectivity index (χ2v) is 4.21. The molecule has 0 saturated carbocycles. The van der Waals surface area contributed by atoms with Gasteiger partial charge < -0.3 is 9.84 Å². The molecule has 0 bridgehead atoms. The minimum Gasteiger partial charge on any atom is -0.508 e. The Morgan fingerprint density at radius 2 is 1.80 bits per heavy atom. The molecule has 0 amide bonds. The van der Waals surface area contributed by atoms with E-state index < -0.39 is 12.0 Å². The third-order valence-corrected chi connectivity index (χ3v) is 2.81. The average Bonchev–Trinajstić information content (AvgIpc) is 2.50. The smallest absolute Gasteiger partial charge is 0.335 e. The van der Waals surface area contributed by atoms with E-state index in [1.807, 2.05) is 30.3 Å². The fraction of sp³-hybridized carbons (Fsp3) is 0.125. The molecule has 2 aromatic carbocycles. The number of hydrogen-bond donors (Lipinski definition) is 1. The van der Waals surface area contributed by atoms with Gasteiger partial charge in [-0.3, -0.25) is 4.99 Å². The molecule has 102 valence electrons. The topological polar surface area (TPSA) is 58.9 Å². The van der Waals surface area contributed by atoms with Crippen LogP contribution in [0, 0.1) is 0 Å². The highest BCUT2D eigenvalue weighted by molar-refractivity contribution is 5.84. The molecule has 1 N–H and O–H groups in total. The second kappa shape index (κ2) is 6.52. The highest BCUT2D eigenvalue weighted by atomic mass is 16.5. The van der Waals surface area contributed by atoms with Gasteiger partial charge in [0.1, 0.15) is 5.75 Å². The van der Waals surface area contributed by atoms with Crippen molar-refractivity contribution in [3.63, 3.8) is 0 Å². The maximum Gasteiger partial charge on any atom is 0.335 e. The Kier molecular flexibility index (Phi) is 4.50. The number of carbonyl (C=O) groups excluding carboxylic acids is 1. The zero-order valence-electron chi connectivity index (χ0n) is 11.1. The van der Waals surface area contributed by atoms with Crippen molar-refractivity contribution >= 4 is 12.2 Å². The van der Waals surface area contributed by atoms with E-state index in [0.717, 1.165) is 5.56 Å². The highest BCUT2D eigenvalue weighted by Gasteiger charge is 2.19. The molecule has 4 nitrogen and oxygen atoms in total. The van der Waals surface area contributed by atoms with Crippen molar-refractivity contribution in [1.82, 2.24) is 0 Å². The van der Waals surface area contributed by atoms with Crippen LogP contribution in [0.5, 0.6) is 5.75 Å². The van der Waals surface area contributed by atoms with Crippen LogP contribution in [0.1, 0.15) is 17.2 Å². The standard InChI is InChI=1S/C16H15NO3/c1-20-16(19)15(13-7-9-14(18)10-8-13)17-11-12-5-3-2-4-6-12/h2-11,15,18H,1H3/t15-/m1/s1. The van der Waals surface area contributed by atoms with Crippen LogP contribution in [0.25, 0.3) is 0 Å². The summed E-state index contributed by atoms with van der Waals surface area (Å²) in [5.41, 5.74) is 1.57. The number of hydrogen-bond acceptors (Lipinski definition) is 4. The molecule has 0 aliphatic heterocycles. The van der Waals surface area contributed by atoms with E-state index in [9.17, 15) is 9.90 Å². The van der Waals surface area contributed by atoms with Crippen molar-refractivity contribution in [3.05, 3.63) is 65.7 Å². The van der Waals surface area contributed by atoms with Gasteiger partial charge in [-0.05, 0) is 23.3 Å². The van der Waals surface area contributed by atoms with Crippen molar-refractivity contribution in [3.8, 4) is 5.75 Å². The summed E-state index contributed by atoms with van der Waals surface area (Å²) in [7, 11) is 1.33. The van der Waals surface area contributed by atoms with Crippen LogP contribution in [-0.2, 0) is 9.53 Å². The van der Waals surface area contributed by atoms with E-state index in [1.54, 1.807) is 18.3 Å². The summed E-state index contributed by atoms with van der Waals surface area (Å²) >= 11 is 0. The molecule has 0 saturated heterocycles. The minimum absolute atomic E-state index is 0.143. The van der Waals surface area contributed by atoms with Crippen molar-refractivity contribution in [2.45, 2.75) is 6.04 Å². The lowest BCUT2D eigenvalue weighted by atomic mass is 10.1. The molecule has 0 unspecified atom stereocenters. The molecular weight excluding hydrogens is 254 g/mol. The van der Waals surface area contributed by atoms with E-state index in [2.05, 4.69) is 4.99 Å². The number of rotatable bonds is 4. The molecule has 2 rings (SSSR count).